The van der Waals surface area contributed by atoms with Gasteiger partial charge in [-0.1, -0.05) is 21.8 Å². The standard InChI is InChI=1S/C11H21NO2.2CH4/c1-4-11(2,3)10(13)14-9-5-7-12-8-6-9;;/h9,12H,4-8H2,1-3H3;2*1H4. The zero-order valence-corrected chi connectivity index (χ0v) is 9.43. The van der Waals surface area contributed by atoms with Crippen LogP contribution in [0.2, 0.25) is 0 Å². The Kier molecular flexibility index (Phi) is 8.53. The monoisotopic (exact) mass is 231 g/mol. The second-order valence-corrected chi connectivity index (χ2v) is 4.59. The molecule has 0 unspecified atom stereocenters. The molecule has 3 heteroatoms. The van der Waals surface area contributed by atoms with E-state index >= 15 is 0 Å². The highest BCUT2D eigenvalue weighted by Gasteiger charge is 2.29. The van der Waals surface area contributed by atoms with Crippen LogP contribution < -0.4 is 5.32 Å². The van der Waals surface area contributed by atoms with Gasteiger partial charge >= 0.3 is 5.97 Å². The van der Waals surface area contributed by atoms with Crippen LogP contribution in [0, 0.1) is 5.41 Å². The maximum absolute atomic E-state index is 11.7. The first-order chi connectivity index (χ1) is 6.56. The molecule has 0 radical (unpaired) electrons. The summed E-state index contributed by atoms with van der Waals surface area (Å²) in [5.74, 6) is -0.0492. The van der Waals surface area contributed by atoms with Gasteiger partial charge in [-0.25, -0.2) is 0 Å². The summed E-state index contributed by atoms with van der Waals surface area (Å²) in [6.07, 6.45) is 2.86. The van der Waals surface area contributed by atoms with Crippen molar-refractivity contribution in [1.29, 1.82) is 0 Å². The van der Waals surface area contributed by atoms with Crippen molar-refractivity contribution in [3.05, 3.63) is 0 Å². The number of piperidine rings is 1. The van der Waals surface area contributed by atoms with E-state index in [-0.39, 0.29) is 32.3 Å². The van der Waals surface area contributed by atoms with Crippen molar-refractivity contribution in [3.8, 4) is 0 Å². The van der Waals surface area contributed by atoms with E-state index in [0.717, 1.165) is 32.4 Å². The van der Waals surface area contributed by atoms with Crippen molar-refractivity contribution in [3.63, 3.8) is 0 Å². The maximum atomic E-state index is 11.7. The van der Waals surface area contributed by atoms with E-state index in [4.69, 9.17) is 4.74 Å². The molecule has 1 N–H and O–H groups in total. The minimum atomic E-state index is -0.328. The molecule has 0 spiro atoms. The number of rotatable bonds is 3. The second kappa shape index (κ2) is 7.66. The van der Waals surface area contributed by atoms with Crippen LogP contribution in [0.4, 0.5) is 0 Å². The highest BCUT2D eigenvalue weighted by molar-refractivity contribution is 5.75. The number of hydrogen-bond donors (Lipinski definition) is 1. The van der Waals surface area contributed by atoms with E-state index < -0.39 is 0 Å². The summed E-state index contributed by atoms with van der Waals surface area (Å²) in [5, 5.41) is 3.25. The Morgan fingerprint density at radius 2 is 1.81 bits per heavy atom. The van der Waals surface area contributed by atoms with Crippen LogP contribution in [0.15, 0.2) is 0 Å². The summed E-state index contributed by atoms with van der Waals surface area (Å²) in [5.41, 5.74) is -0.328. The zero-order valence-electron chi connectivity index (χ0n) is 9.43. The molecule has 0 bridgehead atoms. The lowest BCUT2D eigenvalue weighted by molar-refractivity contribution is -0.160. The predicted molar refractivity (Wildman–Crippen MR) is 69.5 cm³/mol. The van der Waals surface area contributed by atoms with E-state index in [1.807, 2.05) is 20.8 Å². The molecule has 1 rings (SSSR count). The first kappa shape index (κ1) is 17.8. The molecule has 0 atom stereocenters. The zero-order chi connectivity index (χ0) is 10.6. The van der Waals surface area contributed by atoms with Crippen LogP contribution in [0.5, 0.6) is 0 Å². The van der Waals surface area contributed by atoms with Gasteiger partial charge in [-0.2, -0.15) is 0 Å². The van der Waals surface area contributed by atoms with Crippen LogP contribution in [0.3, 0.4) is 0 Å². The molecule has 0 aliphatic carbocycles. The molecular formula is C13H29NO2. The lowest BCUT2D eigenvalue weighted by Gasteiger charge is -2.27. The van der Waals surface area contributed by atoms with E-state index in [1.54, 1.807) is 0 Å². The van der Waals surface area contributed by atoms with Gasteiger partial charge in [0.2, 0.25) is 0 Å². The molecule has 1 heterocycles. The lowest BCUT2D eigenvalue weighted by atomic mass is 9.90. The summed E-state index contributed by atoms with van der Waals surface area (Å²) >= 11 is 0. The summed E-state index contributed by atoms with van der Waals surface area (Å²) in [6.45, 7) is 7.82. The number of carbonyl (C=O) groups excluding carboxylic acids is 1. The third kappa shape index (κ3) is 4.97. The van der Waals surface area contributed by atoms with Gasteiger partial charge in [-0.15, -0.1) is 0 Å². The molecular weight excluding hydrogens is 202 g/mol. The fraction of sp³-hybridized carbons (Fsp3) is 0.923. The number of esters is 1. The highest BCUT2D eigenvalue weighted by atomic mass is 16.5. The minimum Gasteiger partial charge on any atom is -0.462 e. The quantitative estimate of drug-likeness (QED) is 0.759. The maximum Gasteiger partial charge on any atom is 0.311 e. The van der Waals surface area contributed by atoms with E-state index in [0.29, 0.717) is 0 Å². The Bertz CT molecular complexity index is 196. The molecule has 0 aromatic heterocycles. The molecule has 0 saturated carbocycles. The summed E-state index contributed by atoms with van der Waals surface area (Å²) in [7, 11) is 0. The molecule has 16 heavy (non-hydrogen) atoms. The first-order valence-corrected chi connectivity index (χ1v) is 5.48. The molecule has 98 valence electrons. The van der Waals surface area contributed by atoms with Crippen molar-refractivity contribution in [2.24, 2.45) is 5.41 Å². The smallest absolute Gasteiger partial charge is 0.311 e. The average molecular weight is 231 g/mol. The summed E-state index contributed by atoms with van der Waals surface area (Å²) in [6, 6.07) is 0. The van der Waals surface area contributed by atoms with Gasteiger partial charge in [0, 0.05) is 0 Å². The van der Waals surface area contributed by atoms with Crippen molar-refractivity contribution >= 4 is 5.97 Å². The van der Waals surface area contributed by atoms with Crippen LogP contribution in [0.1, 0.15) is 54.9 Å². The van der Waals surface area contributed by atoms with Gasteiger partial charge in [0.25, 0.3) is 0 Å². The van der Waals surface area contributed by atoms with Crippen LogP contribution in [0.25, 0.3) is 0 Å². The molecule has 0 amide bonds. The van der Waals surface area contributed by atoms with E-state index in [2.05, 4.69) is 5.32 Å². The Labute approximate surface area is 101 Å². The predicted octanol–water partition coefficient (Wildman–Crippen LogP) is 2.99. The SMILES string of the molecule is C.C.CCC(C)(C)C(=O)OC1CCNCC1. The summed E-state index contributed by atoms with van der Waals surface area (Å²) in [4.78, 5) is 11.7. The van der Waals surface area contributed by atoms with Crippen molar-refractivity contribution in [2.75, 3.05) is 13.1 Å². The largest absolute Gasteiger partial charge is 0.462 e. The van der Waals surface area contributed by atoms with Gasteiger partial charge in [0.15, 0.2) is 0 Å². The van der Waals surface area contributed by atoms with Gasteiger partial charge in [0.1, 0.15) is 6.10 Å². The molecule has 0 aromatic rings. The third-order valence-electron chi connectivity index (χ3n) is 3.00. The normalized spacial score (nSPS) is 16.9. The number of ether oxygens (including phenoxy) is 1. The Balaban J connectivity index is 0. The molecule has 0 aromatic carbocycles. The van der Waals surface area contributed by atoms with E-state index in [9.17, 15) is 4.79 Å². The van der Waals surface area contributed by atoms with Crippen LogP contribution >= 0.6 is 0 Å². The van der Waals surface area contributed by atoms with E-state index in [1.165, 1.54) is 0 Å². The summed E-state index contributed by atoms with van der Waals surface area (Å²) < 4.78 is 5.47. The number of hydrogen-bond acceptors (Lipinski definition) is 3. The molecule has 1 fully saturated rings. The van der Waals surface area contributed by atoms with Crippen molar-refractivity contribution in [1.82, 2.24) is 5.32 Å². The molecule has 3 nitrogen and oxygen atoms in total. The van der Waals surface area contributed by atoms with Gasteiger partial charge < -0.3 is 10.1 Å². The highest BCUT2D eigenvalue weighted by Crippen LogP contribution is 2.23. The average Bonchev–Trinajstić information content (AvgIpc) is 2.19. The van der Waals surface area contributed by atoms with Gasteiger partial charge in [-0.3, -0.25) is 4.79 Å². The molecule has 1 aliphatic heterocycles. The fourth-order valence-electron chi connectivity index (χ4n) is 1.37. The van der Waals surface area contributed by atoms with Gasteiger partial charge in [-0.05, 0) is 46.2 Å². The van der Waals surface area contributed by atoms with Gasteiger partial charge in [0.05, 0.1) is 5.41 Å². The van der Waals surface area contributed by atoms with Crippen LogP contribution in [-0.4, -0.2) is 25.2 Å². The fourth-order valence-corrected chi connectivity index (χ4v) is 1.37. The Morgan fingerprint density at radius 1 is 1.31 bits per heavy atom. The number of carbonyl (C=O) groups is 1. The van der Waals surface area contributed by atoms with Crippen molar-refractivity contribution in [2.45, 2.75) is 61.0 Å². The first-order valence-electron chi connectivity index (χ1n) is 5.48. The Morgan fingerprint density at radius 3 is 2.25 bits per heavy atom. The number of nitrogens with one attached hydrogen (secondary N) is 1. The third-order valence-corrected chi connectivity index (χ3v) is 3.00. The van der Waals surface area contributed by atoms with Crippen LogP contribution in [-0.2, 0) is 9.53 Å². The second-order valence-electron chi connectivity index (χ2n) is 4.59. The molecule has 1 saturated heterocycles. The van der Waals surface area contributed by atoms with Crippen molar-refractivity contribution < 1.29 is 9.53 Å². The minimum absolute atomic E-state index is 0. The Hall–Kier alpha value is -0.570. The molecule has 1 aliphatic rings. The lowest BCUT2D eigenvalue weighted by Crippen LogP contribution is -2.37. The topological polar surface area (TPSA) is 38.3 Å².